The van der Waals surface area contributed by atoms with Gasteiger partial charge in [-0.15, -0.1) is 11.8 Å². The molecule has 0 unspecified atom stereocenters. The zero-order chi connectivity index (χ0) is 18.1. The van der Waals surface area contributed by atoms with Crippen LogP contribution < -0.4 is 16.2 Å². The Morgan fingerprint density at radius 2 is 1.48 bits per heavy atom. The number of hydrogen-bond acceptors (Lipinski definition) is 3. The summed E-state index contributed by atoms with van der Waals surface area (Å²) in [7, 11) is 0. The molecule has 0 heterocycles. The molecule has 4 nitrogen and oxygen atoms in total. The van der Waals surface area contributed by atoms with Crippen LogP contribution in [-0.4, -0.2) is 16.8 Å². The van der Waals surface area contributed by atoms with Crippen LogP contribution in [0.2, 0.25) is 0 Å². The number of benzene rings is 2. The first kappa shape index (κ1) is 19.3. The number of carbonyl (C=O) groups excluding carboxylic acids is 1. The Kier molecular flexibility index (Phi) is 7.76. The van der Waals surface area contributed by atoms with Crippen LogP contribution in [0.3, 0.4) is 0 Å². The molecule has 0 bridgehead atoms. The molecule has 25 heavy (non-hydrogen) atoms. The Labute approximate surface area is 158 Å². The maximum absolute atomic E-state index is 11.8. The SMILES string of the molecule is Cc1ccc(CNC(=S)NNC(=O)CSCc2ccc(C)cc2)cc1. The topological polar surface area (TPSA) is 53.2 Å². The Balaban J connectivity index is 1.59. The van der Waals surface area contributed by atoms with E-state index < -0.39 is 0 Å². The first-order chi connectivity index (χ1) is 12.0. The van der Waals surface area contributed by atoms with Gasteiger partial charge in [-0.25, -0.2) is 0 Å². The largest absolute Gasteiger partial charge is 0.357 e. The van der Waals surface area contributed by atoms with Crippen molar-refractivity contribution in [3.05, 3.63) is 70.8 Å². The number of carbonyl (C=O) groups is 1. The standard InChI is InChI=1S/C19H23N3OS2/c1-14-3-7-16(8-4-14)11-20-19(24)22-21-18(23)13-25-12-17-9-5-15(2)6-10-17/h3-10H,11-13H2,1-2H3,(H,21,23)(H2,20,22,24). The van der Waals surface area contributed by atoms with Crippen LogP contribution in [0.25, 0.3) is 0 Å². The summed E-state index contributed by atoms with van der Waals surface area (Å²) in [4.78, 5) is 11.8. The summed E-state index contributed by atoms with van der Waals surface area (Å²) in [5.41, 5.74) is 10.1. The zero-order valence-corrected chi connectivity index (χ0v) is 16.1. The molecule has 0 fully saturated rings. The smallest absolute Gasteiger partial charge is 0.248 e. The van der Waals surface area contributed by atoms with Gasteiger partial charge in [0, 0.05) is 12.3 Å². The van der Waals surface area contributed by atoms with Gasteiger partial charge in [0.15, 0.2) is 5.11 Å². The molecule has 0 saturated heterocycles. The van der Waals surface area contributed by atoms with Crippen molar-refractivity contribution in [3.8, 4) is 0 Å². The minimum absolute atomic E-state index is 0.100. The molecule has 0 aliphatic rings. The van der Waals surface area contributed by atoms with Gasteiger partial charge in [0.05, 0.1) is 5.75 Å². The van der Waals surface area contributed by atoms with Crippen molar-refractivity contribution in [3.63, 3.8) is 0 Å². The lowest BCUT2D eigenvalue weighted by atomic mass is 10.1. The molecule has 0 radical (unpaired) electrons. The van der Waals surface area contributed by atoms with E-state index in [1.807, 2.05) is 12.1 Å². The van der Waals surface area contributed by atoms with Crippen LogP contribution in [0.15, 0.2) is 48.5 Å². The maximum atomic E-state index is 11.8. The van der Waals surface area contributed by atoms with Crippen molar-refractivity contribution in [1.29, 1.82) is 0 Å². The Bertz CT molecular complexity index is 700. The number of thioether (sulfide) groups is 1. The molecule has 0 aliphatic carbocycles. The van der Waals surface area contributed by atoms with E-state index in [9.17, 15) is 4.79 Å². The van der Waals surface area contributed by atoms with Gasteiger partial charge in [0.1, 0.15) is 0 Å². The Morgan fingerprint density at radius 1 is 0.920 bits per heavy atom. The molecule has 0 spiro atoms. The molecule has 0 atom stereocenters. The second kappa shape index (κ2) is 10.1. The van der Waals surface area contributed by atoms with Crippen LogP contribution in [0.4, 0.5) is 0 Å². The number of aryl methyl sites for hydroxylation is 2. The molecular formula is C19H23N3OS2. The molecular weight excluding hydrogens is 350 g/mol. The predicted molar refractivity (Wildman–Crippen MR) is 109 cm³/mol. The van der Waals surface area contributed by atoms with E-state index in [0.29, 0.717) is 17.4 Å². The first-order valence-corrected chi connectivity index (χ1v) is 9.61. The summed E-state index contributed by atoms with van der Waals surface area (Å²) in [6.45, 7) is 4.73. The quantitative estimate of drug-likeness (QED) is 0.536. The third-order valence-corrected chi connectivity index (χ3v) is 4.76. The monoisotopic (exact) mass is 373 g/mol. The number of rotatable bonds is 6. The van der Waals surface area contributed by atoms with Gasteiger partial charge in [0.25, 0.3) is 0 Å². The van der Waals surface area contributed by atoms with E-state index in [0.717, 1.165) is 11.3 Å². The number of hydrogen-bond donors (Lipinski definition) is 3. The van der Waals surface area contributed by atoms with Crippen molar-refractivity contribution < 1.29 is 4.79 Å². The lowest BCUT2D eigenvalue weighted by Crippen LogP contribution is -2.47. The molecule has 2 aromatic carbocycles. The minimum Gasteiger partial charge on any atom is -0.357 e. The average Bonchev–Trinajstić information content (AvgIpc) is 2.61. The predicted octanol–water partition coefficient (Wildman–Crippen LogP) is 3.23. The number of amides is 1. The van der Waals surface area contributed by atoms with Gasteiger partial charge in [-0.1, -0.05) is 59.7 Å². The number of thiocarbonyl (C=S) groups is 1. The fourth-order valence-corrected chi connectivity index (χ4v) is 2.95. The second-order valence-electron chi connectivity index (χ2n) is 5.82. The number of nitrogens with one attached hydrogen (secondary N) is 3. The maximum Gasteiger partial charge on any atom is 0.248 e. The molecule has 6 heteroatoms. The highest BCUT2D eigenvalue weighted by molar-refractivity contribution is 7.99. The lowest BCUT2D eigenvalue weighted by Gasteiger charge is -2.11. The highest BCUT2D eigenvalue weighted by atomic mass is 32.2. The van der Waals surface area contributed by atoms with Crippen molar-refractivity contribution in [2.24, 2.45) is 0 Å². The Morgan fingerprint density at radius 3 is 2.08 bits per heavy atom. The van der Waals surface area contributed by atoms with Crippen LogP contribution in [0.1, 0.15) is 22.3 Å². The first-order valence-electron chi connectivity index (χ1n) is 8.04. The van der Waals surface area contributed by atoms with Crippen molar-refractivity contribution in [2.45, 2.75) is 26.1 Å². The summed E-state index contributed by atoms with van der Waals surface area (Å²) in [5.74, 6) is 1.09. The normalized spacial score (nSPS) is 10.2. The van der Waals surface area contributed by atoms with Crippen LogP contribution in [0, 0.1) is 13.8 Å². The Hall–Kier alpha value is -2.05. The summed E-state index contributed by atoms with van der Waals surface area (Å²) in [5, 5.41) is 3.46. The van der Waals surface area contributed by atoms with E-state index in [4.69, 9.17) is 12.2 Å². The van der Waals surface area contributed by atoms with E-state index in [1.54, 1.807) is 11.8 Å². The summed E-state index contributed by atoms with van der Waals surface area (Å²) >= 11 is 6.72. The molecule has 0 aliphatic heterocycles. The lowest BCUT2D eigenvalue weighted by molar-refractivity contribution is -0.119. The van der Waals surface area contributed by atoms with Gasteiger partial charge in [-0.3, -0.25) is 15.6 Å². The van der Waals surface area contributed by atoms with Crippen molar-refractivity contribution >= 4 is 35.0 Å². The highest BCUT2D eigenvalue weighted by Gasteiger charge is 2.03. The molecule has 1 amide bonds. The van der Waals surface area contributed by atoms with E-state index in [2.05, 4.69) is 66.4 Å². The van der Waals surface area contributed by atoms with E-state index in [-0.39, 0.29) is 5.91 Å². The van der Waals surface area contributed by atoms with Gasteiger partial charge < -0.3 is 5.32 Å². The van der Waals surface area contributed by atoms with E-state index in [1.165, 1.54) is 16.7 Å². The molecule has 132 valence electrons. The third kappa shape index (κ3) is 7.58. The van der Waals surface area contributed by atoms with Gasteiger partial charge >= 0.3 is 0 Å². The molecule has 2 aromatic rings. The van der Waals surface area contributed by atoms with Gasteiger partial charge in [0.2, 0.25) is 5.91 Å². The van der Waals surface area contributed by atoms with Gasteiger partial charge in [-0.2, -0.15) is 0 Å². The van der Waals surface area contributed by atoms with Crippen LogP contribution in [-0.2, 0) is 17.1 Å². The van der Waals surface area contributed by atoms with Crippen LogP contribution in [0.5, 0.6) is 0 Å². The van der Waals surface area contributed by atoms with Crippen molar-refractivity contribution in [1.82, 2.24) is 16.2 Å². The van der Waals surface area contributed by atoms with Crippen LogP contribution >= 0.6 is 24.0 Å². The summed E-state index contributed by atoms with van der Waals surface area (Å²) in [6, 6.07) is 16.5. The van der Waals surface area contributed by atoms with E-state index >= 15 is 0 Å². The fraction of sp³-hybridized carbons (Fsp3) is 0.263. The summed E-state index contributed by atoms with van der Waals surface area (Å²) in [6.07, 6.45) is 0. The third-order valence-electron chi connectivity index (χ3n) is 3.51. The van der Waals surface area contributed by atoms with Gasteiger partial charge in [-0.05, 0) is 37.2 Å². The van der Waals surface area contributed by atoms with Crippen molar-refractivity contribution in [2.75, 3.05) is 5.75 Å². The molecule has 0 saturated carbocycles. The highest BCUT2D eigenvalue weighted by Crippen LogP contribution is 2.12. The molecule has 2 rings (SSSR count). The summed E-state index contributed by atoms with van der Waals surface area (Å²) < 4.78 is 0. The molecule has 3 N–H and O–H groups in total. The molecule has 0 aromatic heterocycles. The minimum atomic E-state index is -0.100. The fourth-order valence-electron chi connectivity index (χ4n) is 2.04. The zero-order valence-electron chi connectivity index (χ0n) is 14.5. The average molecular weight is 374 g/mol. The second-order valence-corrected chi connectivity index (χ2v) is 7.21. The number of hydrazine groups is 1.